The maximum atomic E-state index is 10.6. The number of carbonyl (C=O) groups is 4. The van der Waals surface area contributed by atoms with Crippen LogP contribution in [-0.4, -0.2) is 60.8 Å². The summed E-state index contributed by atoms with van der Waals surface area (Å²) in [5.74, 6) is -5.21. The molecule has 0 aliphatic carbocycles. The fraction of sp³-hybridized carbons (Fsp3) is 0.333. The van der Waals surface area contributed by atoms with E-state index in [0.29, 0.717) is 6.42 Å². The molecular weight excluding hydrogens is 376 g/mol. The number of hydrogen-bond donors (Lipinski definition) is 6. The summed E-state index contributed by atoms with van der Waals surface area (Å²) in [6, 6.07) is 3.60. The highest BCUT2D eigenvalue weighted by Gasteiger charge is 2.15. The summed E-state index contributed by atoms with van der Waals surface area (Å²) in [7, 11) is 0. The Morgan fingerprint density at radius 3 is 1.62 bits per heavy atom. The second-order valence-corrected chi connectivity index (χ2v) is 4.97. The lowest BCUT2D eigenvalue weighted by atomic mass is 10.1. The van der Waals surface area contributed by atoms with Crippen LogP contribution in [0.2, 0.25) is 5.02 Å². The molecule has 0 unspecified atom stereocenters. The van der Waals surface area contributed by atoms with Gasteiger partial charge in [-0.15, -0.1) is 0 Å². The monoisotopic (exact) mass is 394 g/mol. The van der Waals surface area contributed by atoms with E-state index in [-0.39, 0.29) is 16.1 Å². The number of rotatable bonds is 6. The third-order valence-electron chi connectivity index (χ3n) is 2.29. The standard InChI is InChI=1S/C8H5ClO4.C4H10O2.C3H4O4/c9-4-1-2-5(7(10)11)6(3-4)8(12)13;1-2-3-4(5)6;4-2(5)1-3(6)7/h1-3H,(H,10,11)(H,12,13);4-6H,2-3H2,1H3;1H2,(H,4,5)(H,6,7). The summed E-state index contributed by atoms with van der Waals surface area (Å²) < 4.78 is 0. The van der Waals surface area contributed by atoms with Crippen LogP contribution in [0.1, 0.15) is 46.9 Å². The van der Waals surface area contributed by atoms with Crippen molar-refractivity contribution in [3.05, 3.63) is 34.3 Å². The lowest BCUT2D eigenvalue weighted by Gasteiger charge is -2.00. The normalized spacial score (nSPS) is 9.27. The van der Waals surface area contributed by atoms with E-state index < -0.39 is 36.6 Å². The Balaban J connectivity index is 0. The van der Waals surface area contributed by atoms with Crippen molar-refractivity contribution in [3.63, 3.8) is 0 Å². The van der Waals surface area contributed by atoms with Gasteiger partial charge in [0, 0.05) is 5.02 Å². The molecule has 0 saturated heterocycles. The Labute approximate surface area is 152 Å². The van der Waals surface area contributed by atoms with Gasteiger partial charge in [0.1, 0.15) is 6.42 Å². The molecule has 0 radical (unpaired) electrons. The minimum Gasteiger partial charge on any atom is -0.481 e. The minimum absolute atomic E-state index is 0.197. The van der Waals surface area contributed by atoms with Crippen LogP contribution in [0.4, 0.5) is 0 Å². The smallest absolute Gasteiger partial charge is 0.336 e. The molecule has 1 aromatic rings. The Hall–Kier alpha value is -2.69. The molecule has 0 spiro atoms. The molecule has 0 aliphatic heterocycles. The number of hydrogen-bond acceptors (Lipinski definition) is 6. The van der Waals surface area contributed by atoms with Gasteiger partial charge in [-0.1, -0.05) is 24.9 Å². The molecule has 0 atom stereocenters. The van der Waals surface area contributed by atoms with Gasteiger partial charge in [0.25, 0.3) is 0 Å². The summed E-state index contributed by atoms with van der Waals surface area (Å²) in [5.41, 5.74) is -0.572. The second-order valence-electron chi connectivity index (χ2n) is 4.53. The van der Waals surface area contributed by atoms with Crippen LogP contribution < -0.4 is 0 Å². The van der Waals surface area contributed by atoms with Crippen LogP contribution in [0.5, 0.6) is 0 Å². The largest absolute Gasteiger partial charge is 0.481 e. The van der Waals surface area contributed by atoms with Crippen molar-refractivity contribution in [2.24, 2.45) is 0 Å². The second kappa shape index (κ2) is 13.6. The van der Waals surface area contributed by atoms with E-state index in [1.807, 2.05) is 6.92 Å². The molecule has 11 heteroatoms. The first-order valence-corrected chi connectivity index (χ1v) is 7.35. The highest BCUT2D eigenvalue weighted by atomic mass is 35.5. The average molecular weight is 395 g/mol. The number of carboxylic acids is 4. The van der Waals surface area contributed by atoms with Crippen molar-refractivity contribution in [3.8, 4) is 0 Å². The fourth-order valence-corrected chi connectivity index (χ4v) is 1.44. The van der Waals surface area contributed by atoms with Gasteiger partial charge in [0.2, 0.25) is 0 Å². The van der Waals surface area contributed by atoms with E-state index in [9.17, 15) is 19.2 Å². The van der Waals surface area contributed by atoms with E-state index in [4.69, 9.17) is 42.2 Å². The van der Waals surface area contributed by atoms with Crippen molar-refractivity contribution in [1.29, 1.82) is 0 Å². The third-order valence-corrected chi connectivity index (χ3v) is 2.53. The molecule has 0 aromatic heterocycles. The van der Waals surface area contributed by atoms with Gasteiger partial charge in [-0.2, -0.15) is 0 Å². The van der Waals surface area contributed by atoms with Crippen LogP contribution >= 0.6 is 11.6 Å². The molecule has 0 aliphatic rings. The fourth-order valence-electron chi connectivity index (χ4n) is 1.27. The zero-order valence-corrected chi connectivity index (χ0v) is 14.4. The van der Waals surface area contributed by atoms with Crippen molar-refractivity contribution < 1.29 is 49.8 Å². The molecule has 0 saturated carbocycles. The summed E-state index contributed by atoms with van der Waals surface area (Å²) in [5, 5.41) is 49.0. The van der Waals surface area contributed by atoms with Gasteiger partial charge in [0.15, 0.2) is 6.29 Å². The lowest BCUT2D eigenvalue weighted by Crippen LogP contribution is -2.07. The SMILES string of the molecule is CCCC(O)O.O=C(O)CC(=O)O.O=C(O)c1ccc(Cl)cc1C(=O)O. The van der Waals surface area contributed by atoms with E-state index in [1.165, 1.54) is 6.07 Å². The third kappa shape index (κ3) is 13.7. The van der Waals surface area contributed by atoms with E-state index in [1.54, 1.807) is 0 Å². The summed E-state index contributed by atoms with van der Waals surface area (Å²) in [6.07, 6.45) is -0.590. The summed E-state index contributed by atoms with van der Waals surface area (Å²) in [6.45, 7) is 1.90. The maximum absolute atomic E-state index is 10.6. The maximum Gasteiger partial charge on any atom is 0.336 e. The molecule has 0 bridgehead atoms. The van der Waals surface area contributed by atoms with Gasteiger partial charge >= 0.3 is 23.9 Å². The number of aliphatic hydroxyl groups excluding tert-OH is 1. The summed E-state index contributed by atoms with van der Waals surface area (Å²) in [4.78, 5) is 39.9. The first-order valence-electron chi connectivity index (χ1n) is 6.98. The molecule has 26 heavy (non-hydrogen) atoms. The Kier molecular flexibility index (Phi) is 13.3. The Morgan fingerprint density at radius 1 is 0.923 bits per heavy atom. The molecule has 10 nitrogen and oxygen atoms in total. The zero-order valence-electron chi connectivity index (χ0n) is 13.6. The van der Waals surface area contributed by atoms with Crippen molar-refractivity contribution in [1.82, 2.24) is 0 Å². The molecular formula is C15H19ClO10. The van der Waals surface area contributed by atoms with E-state index >= 15 is 0 Å². The number of halogens is 1. The molecule has 0 heterocycles. The predicted octanol–water partition coefficient (Wildman–Crippen LogP) is 1.38. The first kappa shape index (κ1) is 25.5. The minimum atomic E-state index is -1.31. The molecule has 146 valence electrons. The van der Waals surface area contributed by atoms with E-state index in [0.717, 1.165) is 18.6 Å². The van der Waals surface area contributed by atoms with Gasteiger partial charge in [-0.25, -0.2) is 9.59 Å². The number of aliphatic carboxylic acids is 2. The number of benzene rings is 1. The van der Waals surface area contributed by atoms with Crippen LogP contribution in [0.3, 0.4) is 0 Å². The topological polar surface area (TPSA) is 190 Å². The number of aromatic carboxylic acids is 2. The highest BCUT2D eigenvalue weighted by Crippen LogP contribution is 2.16. The van der Waals surface area contributed by atoms with Crippen molar-refractivity contribution in [2.75, 3.05) is 0 Å². The Morgan fingerprint density at radius 2 is 1.38 bits per heavy atom. The lowest BCUT2D eigenvalue weighted by molar-refractivity contribution is -0.147. The van der Waals surface area contributed by atoms with Gasteiger partial charge in [0.05, 0.1) is 11.1 Å². The number of aliphatic hydroxyl groups is 2. The summed E-state index contributed by atoms with van der Waals surface area (Å²) >= 11 is 5.51. The average Bonchev–Trinajstić information content (AvgIpc) is 2.46. The van der Waals surface area contributed by atoms with Crippen LogP contribution in [-0.2, 0) is 9.59 Å². The van der Waals surface area contributed by atoms with Crippen LogP contribution in [0.25, 0.3) is 0 Å². The molecule has 6 N–H and O–H groups in total. The quantitative estimate of drug-likeness (QED) is 0.303. The molecule has 0 amide bonds. The number of carboxylic acid groups (broad SMARTS) is 4. The Bertz CT molecular complexity index is 615. The highest BCUT2D eigenvalue weighted by molar-refractivity contribution is 6.31. The van der Waals surface area contributed by atoms with Crippen LogP contribution in [0.15, 0.2) is 18.2 Å². The van der Waals surface area contributed by atoms with Crippen molar-refractivity contribution >= 4 is 35.5 Å². The van der Waals surface area contributed by atoms with Gasteiger partial charge in [-0.3, -0.25) is 9.59 Å². The molecule has 1 aromatic carbocycles. The predicted molar refractivity (Wildman–Crippen MR) is 88.4 cm³/mol. The van der Waals surface area contributed by atoms with Crippen LogP contribution in [0, 0.1) is 0 Å². The zero-order chi connectivity index (χ0) is 20.9. The van der Waals surface area contributed by atoms with E-state index in [2.05, 4.69) is 0 Å². The van der Waals surface area contributed by atoms with Gasteiger partial charge in [-0.05, 0) is 24.6 Å². The van der Waals surface area contributed by atoms with Crippen molar-refractivity contribution in [2.45, 2.75) is 32.5 Å². The first-order chi connectivity index (χ1) is 11.9. The molecule has 0 fully saturated rings. The molecule has 1 rings (SSSR count). The van der Waals surface area contributed by atoms with Gasteiger partial charge < -0.3 is 30.6 Å².